The molecular weight excluding hydrogens is 450 g/mol. The van der Waals surface area contributed by atoms with Crippen LogP contribution in [0.25, 0.3) is 6.08 Å². The minimum Gasteiger partial charge on any atom is -0.490 e. The molecule has 0 aliphatic carbocycles. The lowest BCUT2D eigenvalue weighted by Crippen LogP contribution is -2.30. The molecular formula is C22H20BrN3O4. The third-order valence-corrected chi connectivity index (χ3v) is 5.15. The first-order valence-electron chi connectivity index (χ1n) is 9.40. The van der Waals surface area contributed by atoms with Gasteiger partial charge in [0.15, 0.2) is 11.5 Å². The highest BCUT2D eigenvalue weighted by molar-refractivity contribution is 9.10. The quantitative estimate of drug-likeness (QED) is 0.484. The number of nitriles is 1. The summed E-state index contributed by atoms with van der Waals surface area (Å²) in [5.74, 6) is 0.613. The Bertz CT molecular complexity index is 1060. The minimum atomic E-state index is -0.439. The molecule has 3 rings (SSSR count). The summed E-state index contributed by atoms with van der Waals surface area (Å²) in [6, 6.07) is 12.4. The Morgan fingerprint density at radius 1 is 1.17 bits per heavy atom. The molecule has 2 aromatic rings. The second kappa shape index (κ2) is 9.46. The number of carbonyl (C=O) groups excluding carboxylic acids is 2. The highest BCUT2D eigenvalue weighted by Crippen LogP contribution is 2.35. The normalized spacial score (nSPS) is 14.6. The summed E-state index contributed by atoms with van der Waals surface area (Å²) in [6.07, 6.45) is 1.59. The van der Waals surface area contributed by atoms with Crippen LogP contribution in [0.3, 0.4) is 0 Å². The zero-order valence-electron chi connectivity index (χ0n) is 16.6. The van der Waals surface area contributed by atoms with Crippen LogP contribution in [-0.4, -0.2) is 30.0 Å². The fraction of sp³-hybridized carbons (Fsp3) is 0.227. The van der Waals surface area contributed by atoms with Gasteiger partial charge in [0, 0.05) is 16.6 Å². The van der Waals surface area contributed by atoms with Gasteiger partial charge in [-0.3, -0.25) is 9.69 Å². The fourth-order valence-electron chi connectivity index (χ4n) is 2.97. The van der Waals surface area contributed by atoms with Gasteiger partial charge in [-0.05, 0) is 43.7 Å². The zero-order valence-corrected chi connectivity index (χ0v) is 18.2. The number of imide groups is 1. The Morgan fingerprint density at radius 3 is 2.57 bits per heavy atom. The van der Waals surface area contributed by atoms with Crippen LogP contribution >= 0.6 is 15.9 Å². The molecule has 0 aromatic heterocycles. The second-order valence-electron chi connectivity index (χ2n) is 6.35. The average Bonchev–Trinajstić information content (AvgIpc) is 3.01. The first-order chi connectivity index (χ1) is 14.5. The first-order valence-corrected chi connectivity index (χ1v) is 10.2. The molecule has 1 N–H and O–H groups in total. The summed E-state index contributed by atoms with van der Waals surface area (Å²) in [4.78, 5) is 25.3. The maximum absolute atomic E-state index is 12.3. The van der Waals surface area contributed by atoms with E-state index in [1.165, 1.54) is 0 Å². The molecule has 0 radical (unpaired) electrons. The molecule has 30 heavy (non-hydrogen) atoms. The maximum Gasteiger partial charge on any atom is 0.328 e. The predicted octanol–water partition coefficient (Wildman–Crippen LogP) is 4.21. The predicted molar refractivity (Wildman–Crippen MR) is 115 cm³/mol. The smallest absolute Gasteiger partial charge is 0.328 e. The average molecular weight is 470 g/mol. The number of hydrogen-bond acceptors (Lipinski definition) is 5. The maximum atomic E-state index is 12.3. The first kappa shape index (κ1) is 21.4. The van der Waals surface area contributed by atoms with E-state index in [-0.39, 0.29) is 18.2 Å². The summed E-state index contributed by atoms with van der Waals surface area (Å²) >= 11 is 3.49. The number of benzene rings is 2. The molecule has 7 nitrogen and oxygen atoms in total. The molecule has 0 unspecified atom stereocenters. The molecule has 0 bridgehead atoms. The van der Waals surface area contributed by atoms with E-state index in [0.717, 1.165) is 10.5 Å². The van der Waals surface area contributed by atoms with Gasteiger partial charge in [-0.1, -0.05) is 34.1 Å². The monoisotopic (exact) mass is 469 g/mol. The topological polar surface area (TPSA) is 91.7 Å². The summed E-state index contributed by atoms with van der Waals surface area (Å²) in [5, 5.41) is 11.8. The van der Waals surface area contributed by atoms with Crippen molar-refractivity contribution in [3.05, 3.63) is 63.3 Å². The zero-order chi connectivity index (χ0) is 21.7. The molecule has 1 aliphatic heterocycles. The number of nitrogens with zero attached hydrogens (tertiary/aromatic N) is 2. The number of amides is 3. The number of ether oxygens (including phenoxy) is 2. The van der Waals surface area contributed by atoms with Gasteiger partial charge in [0.05, 0.1) is 18.2 Å². The molecule has 0 saturated carbocycles. The van der Waals surface area contributed by atoms with E-state index in [1.54, 1.807) is 37.3 Å². The van der Waals surface area contributed by atoms with Crippen LogP contribution in [0.2, 0.25) is 0 Å². The number of halogens is 1. The largest absolute Gasteiger partial charge is 0.490 e. The summed E-state index contributed by atoms with van der Waals surface area (Å²) in [6.45, 7) is 4.51. The van der Waals surface area contributed by atoms with Gasteiger partial charge >= 0.3 is 6.03 Å². The van der Waals surface area contributed by atoms with Crippen LogP contribution in [0.5, 0.6) is 11.5 Å². The van der Waals surface area contributed by atoms with Crippen molar-refractivity contribution < 1.29 is 19.1 Å². The number of likely N-dealkylation sites (N-methyl/N-ethyl adjacent to an activating group) is 1. The fourth-order valence-corrected chi connectivity index (χ4v) is 3.40. The molecule has 0 atom stereocenters. The molecule has 2 aromatic carbocycles. The Balaban J connectivity index is 1.89. The van der Waals surface area contributed by atoms with E-state index < -0.39 is 6.03 Å². The lowest BCUT2D eigenvalue weighted by Gasteiger charge is -2.14. The van der Waals surface area contributed by atoms with Crippen molar-refractivity contribution in [1.82, 2.24) is 10.2 Å². The third-order valence-electron chi connectivity index (χ3n) is 4.46. The Kier molecular flexibility index (Phi) is 6.75. The summed E-state index contributed by atoms with van der Waals surface area (Å²) in [5.41, 5.74) is 2.17. The highest BCUT2D eigenvalue weighted by atomic mass is 79.9. The SMILES string of the molecule is CCOc1cc(/C=C2/NC(=O)N(CC)C2=O)c(Br)cc1OCc1ccccc1C#N. The van der Waals surface area contributed by atoms with Gasteiger partial charge in [0.2, 0.25) is 0 Å². The van der Waals surface area contributed by atoms with Crippen molar-refractivity contribution in [2.24, 2.45) is 0 Å². The van der Waals surface area contributed by atoms with E-state index in [0.29, 0.717) is 40.3 Å². The number of rotatable bonds is 7. The van der Waals surface area contributed by atoms with Gasteiger partial charge in [0.25, 0.3) is 5.91 Å². The molecule has 3 amide bonds. The van der Waals surface area contributed by atoms with Gasteiger partial charge < -0.3 is 14.8 Å². The second-order valence-corrected chi connectivity index (χ2v) is 7.20. The highest BCUT2D eigenvalue weighted by Gasteiger charge is 2.32. The van der Waals surface area contributed by atoms with Gasteiger partial charge in [-0.15, -0.1) is 0 Å². The van der Waals surface area contributed by atoms with Crippen molar-refractivity contribution in [1.29, 1.82) is 5.26 Å². The molecule has 1 heterocycles. The molecule has 8 heteroatoms. The molecule has 0 spiro atoms. The van der Waals surface area contributed by atoms with E-state index in [9.17, 15) is 14.9 Å². The molecule has 1 fully saturated rings. The molecule has 1 aliphatic rings. The Labute approximate surface area is 183 Å². The lowest BCUT2D eigenvalue weighted by atomic mass is 10.1. The number of hydrogen-bond donors (Lipinski definition) is 1. The van der Waals surface area contributed by atoms with Crippen molar-refractivity contribution in [2.45, 2.75) is 20.5 Å². The van der Waals surface area contributed by atoms with E-state index in [2.05, 4.69) is 27.3 Å². The lowest BCUT2D eigenvalue weighted by molar-refractivity contribution is -0.122. The van der Waals surface area contributed by atoms with Crippen LogP contribution in [0.15, 0.2) is 46.6 Å². The Morgan fingerprint density at radius 2 is 1.90 bits per heavy atom. The summed E-state index contributed by atoms with van der Waals surface area (Å²) in [7, 11) is 0. The van der Waals surface area contributed by atoms with E-state index in [4.69, 9.17) is 9.47 Å². The van der Waals surface area contributed by atoms with E-state index >= 15 is 0 Å². The Hall–Kier alpha value is -3.31. The standard InChI is InChI=1S/C22H20BrN3O4/c1-3-26-21(27)18(25-22(26)28)9-16-10-19(29-4-2)20(11-17(16)23)30-13-15-8-6-5-7-14(15)12-24/h5-11H,3-4,13H2,1-2H3,(H,25,28)/b18-9+. The van der Waals surface area contributed by atoms with Crippen LogP contribution in [0.1, 0.15) is 30.5 Å². The van der Waals surface area contributed by atoms with Crippen molar-refractivity contribution >= 4 is 33.9 Å². The third kappa shape index (κ3) is 4.47. The van der Waals surface area contributed by atoms with Gasteiger partial charge in [0.1, 0.15) is 12.3 Å². The van der Waals surface area contributed by atoms with Crippen LogP contribution in [-0.2, 0) is 11.4 Å². The number of carbonyl (C=O) groups is 2. The van der Waals surface area contributed by atoms with Gasteiger partial charge in [-0.2, -0.15) is 5.26 Å². The molecule has 1 saturated heterocycles. The minimum absolute atomic E-state index is 0.196. The number of nitrogens with one attached hydrogen (secondary N) is 1. The number of urea groups is 1. The molecule has 154 valence electrons. The van der Waals surface area contributed by atoms with Crippen LogP contribution < -0.4 is 14.8 Å². The van der Waals surface area contributed by atoms with Crippen LogP contribution in [0.4, 0.5) is 4.79 Å². The van der Waals surface area contributed by atoms with Crippen molar-refractivity contribution in [3.63, 3.8) is 0 Å². The van der Waals surface area contributed by atoms with Crippen molar-refractivity contribution in [2.75, 3.05) is 13.2 Å². The van der Waals surface area contributed by atoms with E-state index in [1.807, 2.05) is 19.1 Å². The summed E-state index contributed by atoms with van der Waals surface area (Å²) < 4.78 is 12.3. The van der Waals surface area contributed by atoms with Crippen molar-refractivity contribution in [3.8, 4) is 17.6 Å². The van der Waals surface area contributed by atoms with Gasteiger partial charge in [-0.25, -0.2) is 4.79 Å². The van der Waals surface area contributed by atoms with Crippen LogP contribution in [0, 0.1) is 11.3 Å².